The Morgan fingerprint density at radius 2 is 2.15 bits per heavy atom. The lowest BCUT2D eigenvalue weighted by atomic mass is 10.2. The van der Waals surface area contributed by atoms with Crippen LogP contribution >= 0.6 is 0 Å². The Balaban J connectivity index is 2.74. The van der Waals surface area contributed by atoms with Crippen molar-refractivity contribution in [2.24, 2.45) is 4.40 Å². The van der Waals surface area contributed by atoms with Crippen LogP contribution in [0.15, 0.2) is 27.5 Å². The Hall–Kier alpha value is -1.36. The van der Waals surface area contributed by atoms with Crippen molar-refractivity contribution in [2.75, 3.05) is 5.32 Å². The molecule has 0 aromatic heterocycles. The number of hydrogen-bond donors (Lipinski definition) is 1. The highest BCUT2D eigenvalue weighted by Crippen LogP contribution is 2.26. The second-order valence-electron chi connectivity index (χ2n) is 2.85. The van der Waals surface area contributed by atoms with Crippen LogP contribution in [0.25, 0.3) is 0 Å². The quantitative estimate of drug-likeness (QED) is 0.676. The average Bonchev–Trinajstić information content (AvgIpc) is 2.06. The Labute approximate surface area is 76.4 Å². The SMILES string of the molecule is Cc1ccc2c(c1)S(=O)(=O)N=CN2. The molecule has 2 rings (SSSR count). The molecule has 0 radical (unpaired) electrons. The summed E-state index contributed by atoms with van der Waals surface area (Å²) in [6.45, 7) is 1.84. The zero-order chi connectivity index (χ0) is 9.47. The molecule has 1 aliphatic heterocycles. The molecule has 0 amide bonds. The van der Waals surface area contributed by atoms with Crippen molar-refractivity contribution in [1.29, 1.82) is 0 Å². The second kappa shape index (κ2) is 2.56. The van der Waals surface area contributed by atoms with Gasteiger partial charge in [0.25, 0.3) is 10.0 Å². The third-order valence-corrected chi connectivity index (χ3v) is 3.10. The number of sulfonamides is 1. The summed E-state index contributed by atoms with van der Waals surface area (Å²) in [5.41, 5.74) is 1.49. The number of aryl methyl sites for hydroxylation is 1. The summed E-state index contributed by atoms with van der Waals surface area (Å²) in [5, 5.41) is 2.77. The third-order valence-electron chi connectivity index (χ3n) is 1.83. The van der Waals surface area contributed by atoms with Gasteiger partial charge in [-0.3, -0.25) is 0 Å². The fourth-order valence-electron chi connectivity index (χ4n) is 1.18. The number of anilines is 1. The standard InChI is InChI=1S/C8H8N2O2S/c1-6-2-3-7-8(4-6)13(11,12)10-5-9-7/h2-5H,1H3,(H,9,10). The van der Waals surface area contributed by atoms with Crippen LogP contribution in [-0.2, 0) is 10.0 Å². The topological polar surface area (TPSA) is 58.5 Å². The van der Waals surface area contributed by atoms with Crippen molar-refractivity contribution in [1.82, 2.24) is 0 Å². The van der Waals surface area contributed by atoms with Crippen molar-refractivity contribution in [3.8, 4) is 0 Å². The predicted molar refractivity (Wildman–Crippen MR) is 50.5 cm³/mol. The first kappa shape index (κ1) is 8.25. The molecule has 1 aromatic carbocycles. The highest BCUT2D eigenvalue weighted by Gasteiger charge is 2.19. The van der Waals surface area contributed by atoms with Crippen molar-refractivity contribution in [2.45, 2.75) is 11.8 Å². The lowest BCUT2D eigenvalue weighted by Crippen LogP contribution is -2.11. The van der Waals surface area contributed by atoms with E-state index in [1.807, 2.05) is 13.0 Å². The van der Waals surface area contributed by atoms with E-state index in [4.69, 9.17) is 0 Å². The van der Waals surface area contributed by atoms with Gasteiger partial charge in [-0.15, -0.1) is 4.40 Å². The number of rotatable bonds is 0. The zero-order valence-corrected chi connectivity index (χ0v) is 7.80. The largest absolute Gasteiger partial charge is 0.345 e. The molecule has 1 heterocycles. The summed E-state index contributed by atoms with van der Waals surface area (Å²) in [4.78, 5) is 0.245. The third kappa shape index (κ3) is 1.31. The Morgan fingerprint density at radius 1 is 1.38 bits per heavy atom. The number of fused-ring (bicyclic) bond motifs is 1. The summed E-state index contributed by atoms with van der Waals surface area (Å²) in [7, 11) is -3.46. The van der Waals surface area contributed by atoms with Gasteiger partial charge in [0.1, 0.15) is 11.2 Å². The molecule has 0 atom stereocenters. The molecule has 1 aliphatic rings. The van der Waals surface area contributed by atoms with Crippen molar-refractivity contribution in [3.05, 3.63) is 23.8 Å². The van der Waals surface area contributed by atoms with Crippen LogP contribution in [0.1, 0.15) is 5.56 Å². The molecule has 1 aromatic rings. The minimum Gasteiger partial charge on any atom is -0.345 e. The molecule has 1 N–H and O–H groups in total. The monoisotopic (exact) mass is 196 g/mol. The summed E-state index contributed by atoms with van der Waals surface area (Å²) in [6.07, 6.45) is 1.19. The summed E-state index contributed by atoms with van der Waals surface area (Å²) >= 11 is 0. The van der Waals surface area contributed by atoms with Gasteiger partial charge in [0.15, 0.2) is 0 Å². The molecule has 0 saturated carbocycles. The van der Waals surface area contributed by atoms with E-state index in [-0.39, 0.29) is 4.90 Å². The number of nitrogens with zero attached hydrogens (tertiary/aromatic N) is 1. The Kier molecular flexibility index (Phi) is 1.63. The van der Waals surface area contributed by atoms with E-state index in [1.165, 1.54) is 6.34 Å². The Bertz CT molecular complexity index is 477. The van der Waals surface area contributed by atoms with Crippen molar-refractivity contribution < 1.29 is 8.42 Å². The molecule has 0 fully saturated rings. The molecule has 0 unspecified atom stereocenters. The normalized spacial score (nSPS) is 17.6. The number of nitrogens with one attached hydrogen (secondary N) is 1. The number of benzene rings is 1. The van der Waals surface area contributed by atoms with Crippen LogP contribution in [0, 0.1) is 6.92 Å². The molecule has 4 nitrogen and oxygen atoms in total. The van der Waals surface area contributed by atoms with Gasteiger partial charge in [0.05, 0.1) is 5.69 Å². The van der Waals surface area contributed by atoms with E-state index < -0.39 is 10.0 Å². The van der Waals surface area contributed by atoms with E-state index in [9.17, 15) is 8.42 Å². The smallest absolute Gasteiger partial charge is 0.285 e. The first-order valence-corrected chi connectivity index (χ1v) is 5.20. The van der Waals surface area contributed by atoms with Gasteiger partial charge >= 0.3 is 0 Å². The van der Waals surface area contributed by atoms with Gasteiger partial charge in [-0.25, -0.2) is 0 Å². The summed E-state index contributed by atoms with van der Waals surface area (Å²) < 4.78 is 26.2. The lowest BCUT2D eigenvalue weighted by molar-refractivity contribution is 0.598. The van der Waals surface area contributed by atoms with E-state index in [0.29, 0.717) is 5.69 Å². The fraction of sp³-hybridized carbons (Fsp3) is 0.125. The number of hydrogen-bond acceptors (Lipinski definition) is 3. The minimum atomic E-state index is -3.46. The van der Waals surface area contributed by atoms with Crippen LogP contribution in [0.5, 0.6) is 0 Å². The molecule has 0 saturated heterocycles. The highest BCUT2D eigenvalue weighted by molar-refractivity contribution is 7.90. The maximum atomic E-state index is 11.4. The predicted octanol–water partition coefficient (Wildman–Crippen LogP) is 1.14. The van der Waals surface area contributed by atoms with E-state index in [1.54, 1.807) is 12.1 Å². The first-order chi connectivity index (χ1) is 6.09. The van der Waals surface area contributed by atoms with Gasteiger partial charge in [0, 0.05) is 0 Å². The van der Waals surface area contributed by atoms with Crippen molar-refractivity contribution >= 4 is 22.0 Å². The molecular weight excluding hydrogens is 188 g/mol. The molecule has 5 heteroatoms. The molecule has 13 heavy (non-hydrogen) atoms. The summed E-state index contributed by atoms with van der Waals surface area (Å²) in [6, 6.07) is 5.18. The van der Waals surface area contributed by atoms with E-state index in [0.717, 1.165) is 5.56 Å². The van der Waals surface area contributed by atoms with Crippen LogP contribution in [0.2, 0.25) is 0 Å². The minimum absolute atomic E-state index is 0.245. The van der Waals surface area contributed by atoms with Crippen molar-refractivity contribution in [3.63, 3.8) is 0 Å². The first-order valence-electron chi connectivity index (χ1n) is 3.75. The van der Waals surface area contributed by atoms with Crippen LogP contribution in [0.4, 0.5) is 5.69 Å². The van der Waals surface area contributed by atoms with Gasteiger partial charge in [0.2, 0.25) is 0 Å². The highest BCUT2D eigenvalue weighted by atomic mass is 32.2. The maximum absolute atomic E-state index is 11.4. The second-order valence-corrected chi connectivity index (χ2v) is 4.45. The Morgan fingerprint density at radius 3 is 2.92 bits per heavy atom. The van der Waals surface area contributed by atoms with Gasteiger partial charge in [-0.2, -0.15) is 8.42 Å². The van der Waals surface area contributed by atoms with Gasteiger partial charge < -0.3 is 5.32 Å². The molecule has 0 spiro atoms. The lowest BCUT2D eigenvalue weighted by Gasteiger charge is -2.11. The van der Waals surface area contributed by atoms with E-state index >= 15 is 0 Å². The molecule has 0 bridgehead atoms. The zero-order valence-electron chi connectivity index (χ0n) is 6.98. The maximum Gasteiger partial charge on any atom is 0.285 e. The molecular formula is C8H8N2O2S. The van der Waals surface area contributed by atoms with Gasteiger partial charge in [-0.05, 0) is 24.6 Å². The van der Waals surface area contributed by atoms with Gasteiger partial charge in [-0.1, -0.05) is 6.07 Å². The van der Waals surface area contributed by atoms with E-state index in [2.05, 4.69) is 9.71 Å². The van der Waals surface area contributed by atoms with Crippen LogP contribution in [-0.4, -0.2) is 14.8 Å². The molecule has 0 aliphatic carbocycles. The fourth-order valence-corrected chi connectivity index (χ4v) is 2.23. The van der Waals surface area contributed by atoms with Crippen LogP contribution in [0.3, 0.4) is 0 Å². The average molecular weight is 196 g/mol. The molecule has 68 valence electrons. The summed E-state index contributed by atoms with van der Waals surface area (Å²) in [5.74, 6) is 0. The van der Waals surface area contributed by atoms with Crippen LogP contribution < -0.4 is 5.32 Å².